The fraction of sp³-hybridized carbons (Fsp3) is 0.333. The van der Waals surface area contributed by atoms with Gasteiger partial charge in [0.2, 0.25) is 5.91 Å². The van der Waals surface area contributed by atoms with E-state index in [2.05, 4.69) is 32.7 Å². The minimum absolute atomic E-state index is 0.0109. The number of thiazole rings is 1. The summed E-state index contributed by atoms with van der Waals surface area (Å²) in [7, 11) is 0. The van der Waals surface area contributed by atoms with Crippen molar-refractivity contribution in [3.05, 3.63) is 62.8 Å². The number of likely N-dealkylation sites (tertiary alicyclic amines) is 1. The SMILES string of the molecule is O=C(Cc1csc(-c2ccccc2Cl)n1)NCC(c1cccs1)N1CCCC1. The van der Waals surface area contributed by atoms with Crippen LogP contribution in [0.1, 0.15) is 29.5 Å². The number of halogens is 1. The molecule has 1 atom stereocenters. The summed E-state index contributed by atoms with van der Waals surface area (Å²) in [5.41, 5.74) is 1.69. The maximum atomic E-state index is 12.5. The van der Waals surface area contributed by atoms with E-state index in [9.17, 15) is 4.79 Å². The summed E-state index contributed by atoms with van der Waals surface area (Å²) in [6.45, 7) is 2.85. The number of amides is 1. The predicted octanol–water partition coefficient (Wildman–Crippen LogP) is 5.02. The predicted molar refractivity (Wildman–Crippen MR) is 117 cm³/mol. The van der Waals surface area contributed by atoms with Gasteiger partial charge in [-0.05, 0) is 43.4 Å². The second kappa shape index (κ2) is 9.18. The molecule has 3 aromatic rings. The van der Waals surface area contributed by atoms with E-state index in [-0.39, 0.29) is 18.4 Å². The van der Waals surface area contributed by atoms with Crippen LogP contribution in [0.2, 0.25) is 5.02 Å². The molecule has 1 aliphatic heterocycles. The Morgan fingerprint density at radius 3 is 2.75 bits per heavy atom. The molecule has 1 N–H and O–H groups in total. The second-order valence-corrected chi connectivity index (χ2v) is 9.12. The van der Waals surface area contributed by atoms with E-state index in [4.69, 9.17) is 11.6 Å². The fourth-order valence-corrected chi connectivity index (χ4v) is 5.53. The Morgan fingerprint density at radius 1 is 1.18 bits per heavy atom. The van der Waals surface area contributed by atoms with Crippen molar-refractivity contribution in [3.63, 3.8) is 0 Å². The van der Waals surface area contributed by atoms with E-state index in [1.165, 1.54) is 29.1 Å². The molecule has 1 aliphatic rings. The van der Waals surface area contributed by atoms with Gasteiger partial charge >= 0.3 is 0 Å². The molecule has 1 saturated heterocycles. The lowest BCUT2D eigenvalue weighted by Gasteiger charge is -2.26. The molecular weight excluding hydrogens is 410 g/mol. The molecule has 1 aromatic carbocycles. The van der Waals surface area contributed by atoms with Crippen molar-refractivity contribution < 1.29 is 4.79 Å². The second-order valence-electron chi connectivity index (χ2n) is 6.88. The van der Waals surface area contributed by atoms with E-state index in [0.29, 0.717) is 11.6 Å². The number of carbonyl (C=O) groups excluding carboxylic acids is 1. The van der Waals surface area contributed by atoms with E-state index in [1.807, 2.05) is 29.6 Å². The highest BCUT2D eigenvalue weighted by Crippen LogP contribution is 2.30. The van der Waals surface area contributed by atoms with Crippen LogP contribution in [-0.4, -0.2) is 35.4 Å². The number of hydrogen-bond donors (Lipinski definition) is 1. The molecule has 4 rings (SSSR count). The summed E-state index contributed by atoms with van der Waals surface area (Å²) in [6, 6.07) is 12.2. The zero-order valence-corrected chi connectivity index (χ0v) is 17.8. The molecule has 0 aliphatic carbocycles. The Hall–Kier alpha value is -1.73. The van der Waals surface area contributed by atoms with Gasteiger partial charge in [-0.2, -0.15) is 0 Å². The monoisotopic (exact) mass is 431 g/mol. The topological polar surface area (TPSA) is 45.2 Å². The van der Waals surface area contributed by atoms with Gasteiger partial charge in [-0.1, -0.05) is 35.9 Å². The van der Waals surface area contributed by atoms with Gasteiger partial charge in [-0.3, -0.25) is 9.69 Å². The molecule has 4 nitrogen and oxygen atoms in total. The highest BCUT2D eigenvalue weighted by atomic mass is 35.5. The van der Waals surface area contributed by atoms with Gasteiger partial charge in [-0.25, -0.2) is 4.98 Å². The molecule has 3 heterocycles. The summed E-state index contributed by atoms with van der Waals surface area (Å²) in [4.78, 5) is 20.9. The summed E-state index contributed by atoms with van der Waals surface area (Å²) >= 11 is 9.53. The zero-order valence-electron chi connectivity index (χ0n) is 15.4. The molecule has 146 valence electrons. The maximum Gasteiger partial charge on any atom is 0.226 e. The summed E-state index contributed by atoms with van der Waals surface area (Å²) in [5.74, 6) is 0.0109. The van der Waals surface area contributed by atoms with Crippen molar-refractivity contribution in [1.29, 1.82) is 0 Å². The zero-order chi connectivity index (χ0) is 19.3. The van der Waals surface area contributed by atoms with Gasteiger partial charge in [0, 0.05) is 22.4 Å². The number of hydrogen-bond acceptors (Lipinski definition) is 5. The lowest BCUT2D eigenvalue weighted by atomic mass is 10.2. The molecule has 28 heavy (non-hydrogen) atoms. The van der Waals surface area contributed by atoms with Gasteiger partial charge in [0.15, 0.2) is 0 Å². The highest BCUT2D eigenvalue weighted by molar-refractivity contribution is 7.13. The maximum absolute atomic E-state index is 12.5. The molecule has 0 bridgehead atoms. The van der Waals surface area contributed by atoms with Gasteiger partial charge in [0.05, 0.1) is 23.2 Å². The Labute approximate surface area is 178 Å². The van der Waals surface area contributed by atoms with Gasteiger partial charge in [-0.15, -0.1) is 22.7 Å². The summed E-state index contributed by atoms with van der Waals surface area (Å²) in [5, 5.41) is 8.69. The van der Waals surface area contributed by atoms with Crippen LogP contribution in [0.4, 0.5) is 0 Å². The number of thiophene rings is 1. The third-order valence-electron chi connectivity index (χ3n) is 4.94. The van der Waals surface area contributed by atoms with Crippen molar-refractivity contribution in [2.24, 2.45) is 0 Å². The van der Waals surface area contributed by atoms with Crippen LogP contribution >= 0.6 is 34.3 Å². The molecule has 0 spiro atoms. The first kappa shape index (κ1) is 19.6. The Kier molecular flexibility index (Phi) is 6.42. The van der Waals surface area contributed by atoms with Crippen molar-refractivity contribution >= 4 is 40.2 Å². The summed E-state index contributed by atoms with van der Waals surface area (Å²) in [6.07, 6.45) is 2.76. The number of carbonyl (C=O) groups is 1. The van der Waals surface area contributed by atoms with Crippen LogP contribution in [0.25, 0.3) is 10.6 Å². The van der Waals surface area contributed by atoms with E-state index < -0.39 is 0 Å². The lowest BCUT2D eigenvalue weighted by molar-refractivity contribution is -0.120. The third kappa shape index (κ3) is 4.63. The number of aromatic nitrogens is 1. The van der Waals surface area contributed by atoms with Crippen LogP contribution in [0, 0.1) is 0 Å². The first-order chi connectivity index (χ1) is 13.7. The fourth-order valence-electron chi connectivity index (χ4n) is 3.53. The number of nitrogens with zero attached hydrogens (tertiary/aromatic N) is 2. The molecule has 0 saturated carbocycles. The molecule has 0 radical (unpaired) electrons. The van der Waals surface area contributed by atoms with E-state index in [1.54, 1.807) is 11.3 Å². The van der Waals surface area contributed by atoms with Crippen LogP contribution in [0.3, 0.4) is 0 Å². The average molecular weight is 432 g/mol. The van der Waals surface area contributed by atoms with Gasteiger partial charge < -0.3 is 5.32 Å². The Bertz CT molecular complexity index is 919. The molecule has 7 heteroatoms. The Morgan fingerprint density at radius 2 is 2.00 bits per heavy atom. The molecule has 1 amide bonds. The van der Waals surface area contributed by atoms with Crippen molar-refractivity contribution in [3.8, 4) is 10.6 Å². The normalized spacial score (nSPS) is 15.6. The van der Waals surface area contributed by atoms with Crippen molar-refractivity contribution in [2.75, 3.05) is 19.6 Å². The number of nitrogens with one attached hydrogen (secondary N) is 1. The molecule has 1 unspecified atom stereocenters. The first-order valence-electron chi connectivity index (χ1n) is 9.44. The van der Waals surface area contributed by atoms with E-state index >= 15 is 0 Å². The number of rotatable bonds is 7. The van der Waals surface area contributed by atoms with Crippen LogP contribution in [0.5, 0.6) is 0 Å². The molecular formula is C21H22ClN3OS2. The van der Waals surface area contributed by atoms with Crippen molar-refractivity contribution in [1.82, 2.24) is 15.2 Å². The Balaban J connectivity index is 1.37. The molecule has 2 aromatic heterocycles. The highest BCUT2D eigenvalue weighted by Gasteiger charge is 2.24. The largest absolute Gasteiger partial charge is 0.354 e. The lowest BCUT2D eigenvalue weighted by Crippen LogP contribution is -2.37. The van der Waals surface area contributed by atoms with E-state index in [0.717, 1.165) is 29.4 Å². The van der Waals surface area contributed by atoms with Crippen molar-refractivity contribution in [2.45, 2.75) is 25.3 Å². The number of benzene rings is 1. The van der Waals surface area contributed by atoms with Gasteiger partial charge in [0.25, 0.3) is 0 Å². The first-order valence-corrected chi connectivity index (χ1v) is 11.6. The standard InChI is InChI=1S/C21H22ClN3OS2/c22-17-7-2-1-6-16(17)21-24-15(14-28-21)12-20(26)23-13-18(19-8-5-11-27-19)25-9-3-4-10-25/h1-2,5-8,11,14,18H,3-4,9-10,12-13H2,(H,23,26). The van der Waals surface area contributed by atoms with Crippen LogP contribution in [-0.2, 0) is 11.2 Å². The molecule has 1 fully saturated rings. The minimum Gasteiger partial charge on any atom is -0.354 e. The quantitative estimate of drug-likeness (QED) is 0.571. The minimum atomic E-state index is 0.0109. The van der Waals surface area contributed by atoms with Crippen LogP contribution in [0.15, 0.2) is 47.2 Å². The average Bonchev–Trinajstić information content (AvgIpc) is 3.46. The van der Waals surface area contributed by atoms with Crippen LogP contribution < -0.4 is 5.32 Å². The third-order valence-corrected chi connectivity index (χ3v) is 7.17. The smallest absolute Gasteiger partial charge is 0.226 e. The van der Waals surface area contributed by atoms with Gasteiger partial charge in [0.1, 0.15) is 5.01 Å². The summed E-state index contributed by atoms with van der Waals surface area (Å²) < 4.78 is 0.